The third-order valence-electron chi connectivity index (χ3n) is 3.62. The van der Waals surface area contributed by atoms with Crippen LogP contribution in [0, 0.1) is 11.8 Å². The third-order valence-corrected chi connectivity index (χ3v) is 3.62. The lowest BCUT2D eigenvalue weighted by atomic mass is 9.86. The van der Waals surface area contributed by atoms with Crippen molar-refractivity contribution in [1.82, 2.24) is 10.2 Å². The zero-order valence-electron chi connectivity index (χ0n) is 10.8. The maximum atomic E-state index is 11.9. The maximum absolute atomic E-state index is 11.9. The number of piperidine rings is 1. The smallest absolute Gasteiger partial charge is 0.307 e. The summed E-state index contributed by atoms with van der Waals surface area (Å²) in [4.78, 5) is 2.29. The largest absolute Gasteiger partial charge is 0.401 e. The minimum atomic E-state index is -4.10. The summed E-state index contributed by atoms with van der Waals surface area (Å²) in [5.74, 6) is 1.27. The van der Waals surface area contributed by atoms with E-state index >= 15 is 0 Å². The molecule has 3 atom stereocenters. The molecule has 1 saturated heterocycles. The number of likely N-dealkylation sites (tertiary alicyclic amines) is 1. The fourth-order valence-corrected chi connectivity index (χ4v) is 2.58. The van der Waals surface area contributed by atoms with Gasteiger partial charge < -0.3 is 5.32 Å². The van der Waals surface area contributed by atoms with Crippen molar-refractivity contribution in [3.8, 4) is 0 Å². The quantitative estimate of drug-likeness (QED) is 0.773. The van der Waals surface area contributed by atoms with Gasteiger partial charge in [0.1, 0.15) is 0 Å². The zero-order chi connectivity index (χ0) is 13.1. The van der Waals surface area contributed by atoms with Gasteiger partial charge in [0.25, 0.3) is 0 Å². The highest BCUT2D eigenvalue weighted by atomic mass is 19.4. The van der Waals surface area contributed by atoms with Gasteiger partial charge in [0, 0.05) is 25.7 Å². The van der Waals surface area contributed by atoms with Gasteiger partial charge in [0.2, 0.25) is 0 Å². The topological polar surface area (TPSA) is 15.3 Å². The number of nitrogens with one attached hydrogen (secondary N) is 1. The number of halogens is 3. The van der Waals surface area contributed by atoms with Crippen LogP contribution in [0.4, 0.5) is 13.2 Å². The van der Waals surface area contributed by atoms with Gasteiger partial charge in [-0.3, -0.25) is 4.90 Å². The lowest BCUT2D eigenvalue weighted by Crippen LogP contribution is -2.48. The van der Waals surface area contributed by atoms with Crippen molar-refractivity contribution >= 4 is 0 Å². The summed E-state index contributed by atoms with van der Waals surface area (Å²) in [6.07, 6.45) is -2.89. The fourth-order valence-electron chi connectivity index (χ4n) is 2.58. The highest BCUT2D eigenvalue weighted by Crippen LogP contribution is 2.26. The van der Waals surface area contributed by atoms with Gasteiger partial charge in [-0.05, 0) is 25.2 Å². The van der Waals surface area contributed by atoms with Crippen molar-refractivity contribution in [1.29, 1.82) is 0 Å². The van der Waals surface area contributed by atoms with Crippen LogP contribution in [0.3, 0.4) is 0 Å². The first-order valence-corrected chi connectivity index (χ1v) is 6.31. The predicted octanol–water partition coefficient (Wildman–Crippen LogP) is 2.50. The van der Waals surface area contributed by atoms with Gasteiger partial charge in [-0.15, -0.1) is 0 Å². The lowest BCUT2D eigenvalue weighted by molar-refractivity contribution is -0.124. The second kappa shape index (κ2) is 6.05. The van der Waals surface area contributed by atoms with E-state index < -0.39 is 12.7 Å². The van der Waals surface area contributed by atoms with Crippen molar-refractivity contribution in [2.45, 2.75) is 39.4 Å². The maximum Gasteiger partial charge on any atom is 0.401 e. The molecular formula is C12H23F3N2. The molecule has 3 unspecified atom stereocenters. The Hall–Kier alpha value is -0.290. The number of rotatable bonds is 4. The Morgan fingerprint density at radius 1 is 1.24 bits per heavy atom. The van der Waals surface area contributed by atoms with E-state index in [1.807, 2.05) is 0 Å². The zero-order valence-corrected chi connectivity index (χ0v) is 10.8. The monoisotopic (exact) mass is 252 g/mol. The minimum Gasteiger partial charge on any atom is -0.307 e. The number of nitrogens with zero attached hydrogens (tertiary/aromatic N) is 1. The van der Waals surface area contributed by atoms with E-state index in [-0.39, 0.29) is 0 Å². The van der Waals surface area contributed by atoms with Crippen LogP contribution in [0.25, 0.3) is 0 Å². The van der Waals surface area contributed by atoms with Crippen molar-refractivity contribution in [3.63, 3.8) is 0 Å². The van der Waals surface area contributed by atoms with Gasteiger partial charge in [-0.25, -0.2) is 0 Å². The van der Waals surface area contributed by atoms with Gasteiger partial charge in [0.15, 0.2) is 0 Å². The average Bonchev–Trinajstić information content (AvgIpc) is 2.18. The van der Waals surface area contributed by atoms with Crippen LogP contribution >= 0.6 is 0 Å². The highest BCUT2D eigenvalue weighted by molar-refractivity contribution is 4.82. The Morgan fingerprint density at radius 2 is 1.88 bits per heavy atom. The Labute approximate surface area is 102 Å². The molecule has 0 aromatic heterocycles. The van der Waals surface area contributed by atoms with Gasteiger partial charge in [0.05, 0.1) is 6.54 Å². The van der Waals surface area contributed by atoms with Crippen LogP contribution < -0.4 is 5.32 Å². The minimum absolute atomic E-state index is 0.406. The molecule has 0 radical (unpaired) electrons. The van der Waals surface area contributed by atoms with Crippen LogP contribution in [0.5, 0.6) is 0 Å². The number of alkyl halides is 3. The Kier molecular flexibility index (Phi) is 5.25. The van der Waals surface area contributed by atoms with Crippen molar-refractivity contribution in [2.24, 2.45) is 11.8 Å². The standard InChI is InChI=1S/C12H23F3N2/c1-9-6-10(2)11(3)17(7-9)5-4-16-8-12(13,14)15/h9-11,16H,4-8H2,1-3H3. The Balaban J connectivity index is 2.26. The van der Waals surface area contributed by atoms with Crippen molar-refractivity contribution in [2.75, 3.05) is 26.2 Å². The first-order valence-electron chi connectivity index (χ1n) is 6.31. The van der Waals surface area contributed by atoms with E-state index in [4.69, 9.17) is 0 Å². The van der Waals surface area contributed by atoms with E-state index in [2.05, 4.69) is 31.0 Å². The Morgan fingerprint density at radius 3 is 2.47 bits per heavy atom. The van der Waals surface area contributed by atoms with E-state index in [0.717, 1.165) is 6.54 Å². The van der Waals surface area contributed by atoms with Crippen LogP contribution in [-0.2, 0) is 0 Å². The molecule has 0 aromatic rings. The van der Waals surface area contributed by atoms with Crippen molar-refractivity contribution in [3.05, 3.63) is 0 Å². The molecule has 1 aliphatic heterocycles. The summed E-state index contributed by atoms with van der Waals surface area (Å²) < 4.78 is 35.8. The fraction of sp³-hybridized carbons (Fsp3) is 1.00. The van der Waals surface area contributed by atoms with Crippen LogP contribution in [0.2, 0.25) is 0 Å². The molecule has 1 aliphatic rings. The summed E-state index contributed by atoms with van der Waals surface area (Å²) in [6.45, 7) is 7.81. The van der Waals surface area contributed by atoms with Crippen LogP contribution in [0.15, 0.2) is 0 Å². The lowest BCUT2D eigenvalue weighted by Gasteiger charge is -2.41. The summed E-state index contributed by atoms with van der Waals surface area (Å²) in [7, 11) is 0. The predicted molar refractivity (Wildman–Crippen MR) is 62.9 cm³/mol. The highest BCUT2D eigenvalue weighted by Gasteiger charge is 2.29. The SMILES string of the molecule is CC1CC(C)C(C)N(CCNCC(F)(F)F)C1. The van der Waals surface area contributed by atoms with Crippen LogP contribution in [-0.4, -0.2) is 43.3 Å². The molecule has 2 nitrogen and oxygen atoms in total. The summed E-state index contributed by atoms with van der Waals surface area (Å²) in [5, 5.41) is 2.46. The molecule has 0 amide bonds. The molecule has 1 N–H and O–H groups in total. The molecule has 0 bridgehead atoms. The van der Waals surface area contributed by atoms with Gasteiger partial charge >= 0.3 is 6.18 Å². The second-order valence-corrected chi connectivity index (χ2v) is 5.35. The number of hydrogen-bond donors (Lipinski definition) is 1. The molecule has 0 spiro atoms. The van der Waals surface area contributed by atoms with Crippen LogP contribution in [0.1, 0.15) is 27.2 Å². The Bertz CT molecular complexity index is 230. The van der Waals surface area contributed by atoms with Crippen molar-refractivity contribution < 1.29 is 13.2 Å². The van der Waals surface area contributed by atoms with Gasteiger partial charge in [-0.2, -0.15) is 13.2 Å². The first-order chi connectivity index (χ1) is 7.79. The first kappa shape index (κ1) is 14.8. The molecule has 1 rings (SSSR count). The molecule has 5 heteroatoms. The summed E-state index contributed by atoms with van der Waals surface area (Å²) in [6, 6.07) is 0.471. The van der Waals surface area contributed by atoms with E-state index in [9.17, 15) is 13.2 Å². The molecule has 0 aromatic carbocycles. The summed E-state index contributed by atoms with van der Waals surface area (Å²) in [5.41, 5.74) is 0. The summed E-state index contributed by atoms with van der Waals surface area (Å²) >= 11 is 0. The molecule has 1 heterocycles. The normalized spacial score (nSPS) is 31.8. The molecule has 102 valence electrons. The van der Waals surface area contributed by atoms with E-state index in [1.54, 1.807) is 0 Å². The van der Waals surface area contributed by atoms with E-state index in [1.165, 1.54) is 6.42 Å². The second-order valence-electron chi connectivity index (χ2n) is 5.35. The molecular weight excluding hydrogens is 229 g/mol. The molecule has 1 fully saturated rings. The molecule has 0 saturated carbocycles. The molecule has 0 aliphatic carbocycles. The number of hydrogen-bond acceptors (Lipinski definition) is 2. The average molecular weight is 252 g/mol. The van der Waals surface area contributed by atoms with E-state index in [0.29, 0.717) is 31.0 Å². The molecule has 17 heavy (non-hydrogen) atoms. The third kappa shape index (κ3) is 5.25. The van der Waals surface area contributed by atoms with Gasteiger partial charge in [-0.1, -0.05) is 13.8 Å².